The predicted molar refractivity (Wildman–Crippen MR) is 137 cm³/mol. The highest BCUT2D eigenvalue weighted by Gasteiger charge is 2.22. The van der Waals surface area contributed by atoms with E-state index in [2.05, 4.69) is 20.5 Å². The highest BCUT2D eigenvalue weighted by molar-refractivity contribution is 6.33. The van der Waals surface area contributed by atoms with Crippen LogP contribution in [0.4, 0.5) is 22.0 Å². The van der Waals surface area contributed by atoms with Crippen molar-refractivity contribution < 1.29 is 9.59 Å². The van der Waals surface area contributed by atoms with Gasteiger partial charge in [0.15, 0.2) is 0 Å². The molecule has 1 aromatic heterocycles. The molecule has 2 heterocycles. The number of pyridine rings is 1. The summed E-state index contributed by atoms with van der Waals surface area (Å²) < 4.78 is 0. The molecule has 0 aliphatic carbocycles. The van der Waals surface area contributed by atoms with Gasteiger partial charge in [0.25, 0.3) is 5.91 Å². The fraction of sp³-hybridized carbons (Fsp3) is 0.269. The molecule has 34 heavy (non-hydrogen) atoms. The monoisotopic (exact) mass is 477 g/mol. The van der Waals surface area contributed by atoms with Crippen molar-refractivity contribution in [2.75, 3.05) is 41.7 Å². The number of hydrogen-bond acceptors (Lipinski definition) is 4. The van der Waals surface area contributed by atoms with Crippen LogP contribution >= 0.6 is 11.6 Å². The van der Waals surface area contributed by atoms with E-state index in [4.69, 9.17) is 11.6 Å². The van der Waals surface area contributed by atoms with Crippen molar-refractivity contribution in [3.63, 3.8) is 0 Å². The lowest BCUT2D eigenvalue weighted by molar-refractivity contribution is 0.0767. The van der Waals surface area contributed by atoms with Crippen LogP contribution in [0, 0.1) is 13.8 Å². The molecule has 176 valence electrons. The number of nitrogens with one attached hydrogen (secondary N) is 2. The fourth-order valence-corrected chi connectivity index (χ4v) is 4.19. The average molecular weight is 478 g/mol. The van der Waals surface area contributed by atoms with Gasteiger partial charge >= 0.3 is 6.03 Å². The number of hydrogen-bond donors (Lipinski definition) is 2. The van der Waals surface area contributed by atoms with Crippen LogP contribution in [-0.2, 0) is 0 Å². The number of rotatable bonds is 4. The Labute approximate surface area is 204 Å². The van der Waals surface area contributed by atoms with Crippen LogP contribution in [0.1, 0.15) is 27.9 Å². The van der Waals surface area contributed by atoms with Gasteiger partial charge in [0.1, 0.15) is 5.82 Å². The van der Waals surface area contributed by atoms with Crippen LogP contribution in [0.2, 0.25) is 5.02 Å². The molecular weight excluding hydrogens is 450 g/mol. The van der Waals surface area contributed by atoms with Crippen LogP contribution in [0.15, 0.2) is 60.8 Å². The molecule has 7 nitrogen and oxygen atoms in total. The van der Waals surface area contributed by atoms with Crippen molar-refractivity contribution in [2.24, 2.45) is 0 Å². The Hall–Kier alpha value is -3.58. The zero-order valence-corrected chi connectivity index (χ0v) is 20.1. The zero-order chi connectivity index (χ0) is 24.1. The standard InChI is InChI=1S/C26H28ClN5O2/c1-18-7-5-10-23(19(18)2)30-26(34)29-20-11-12-24(28-17-20)31-13-6-14-32(16-15-31)25(33)21-8-3-4-9-22(21)27/h3-5,7-12,17H,6,13-16H2,1-2H3,(H2,29,30,34). The van der Waals surface area contributed by atoms with E-state index in [9.17, 15) is 9.59 Å². The topological polar surface area (TPSA) is 77.6 Å². The van der Waals surface area contributed by atoms with Gasteiger partial charge in [0.2, 0.25) is 0 Å². The summed E-state index contributed by atoms with van der Waals surface area (Å²) in [6.45, 7) is 6.70. The second-order valence-electron chi connectivity index (χ2n) is 8.34. The molecule has 3 amide bonds. The maximum Gasteiger partial charge on any atom is 0.323 e. The molecule has 1 saturated heterocycles. The summed E-state index contributed by atoms with van der Waals surface area (Å²) in [5, 5.41) is 6.18. The molecule has 1 aliphatic rings. The number of halogens is 1. The normalized spacial score (nSPS) is 13.9. The molecule has 8 heteroatoms. The first-order chi connectivity index (χ1) is 16.4. The molecule has 0 radical (unpaired) electrons. The van der Waals surface area contributed by atoms with Gasteiger partial charge in [-0.1, -0.05) is 35.9 Å². The largest absolute Gasteiger partial charge is 0.355 e. The number of benzene rings is 2. The van der Waals surface area contributed by atoms with E-state index in [1.165, 1.54) is 0 Å². The Morgan fingerprint density at radius 3 is 2.50 bits per heavy atom. The van der Waals surface area contributed by atoms with E-state index < -0.39 is 0 Å². The summed E-state index contributed by atoms with van der Waals surface area (Å²) >= 11 is 6.21. The smallest absolute Gasteiger partial charge is 0.323 e. The van der Waals surface area contributed by atoms with E-state index in [-0.39, 0.29) is 11.9 Å². The molecular formula is C26H28ClN5O2. The average Bonchev–Trinajstić information content (AvgIpc) is 3.09. The molecule has 2 aromatic carbocycles. The molecule has 3 aromatic rings. The molecule has 0 unspecified atom stereocenters. The molecule has 1 aliphatic heterocycles. The summed E-state index contributed by atoms with van der Waals surface area (Å²) in [7, 11) is 0. The van der Waals surface area contributed by atoms with Crippen LogP contribution in [-0.4, -0.2) is 48.0 Å². The molecule has 0 atom stereocenters. The quantitative estimate of drug-likeness (QED) is 0.531. The van der Waals surface area contributed by atoms with Crippen LogP contribution in [0.3, 0.4) is 0 Å². The minimum Gasteiger partial charge on any atom is -0.355 e. The third-order valence-electron chi connectivity index (χ3n) is 6.07. The van der Waals surface area contributed by atoms with E-state index in [0.717, 1.165) is 35.6 Å². The molecule has 1 fully saturated rings. The van der Waals surface area contributed by atoms with Crippen LogP contribution in [0.25, 0.3) is 0 Å². The highest BCUT2D eigenvalue weighted by atomic mass is 35.5. The number of amides is 3. The first-order valence-electron chi connectivity index (χ1n) is 11.3. The Bertz CT molecular complexity index is 1180. The predicted octanol–water partition coefficient (Wildman–Crippen LogP) is 5.35. The van der Waals surface area contributed by atoms with Gasteiger partial charge in [-0.05, 0) is 61.7 Å². The van der Waals surface area contributed by atoms with E-state index in [1.54, 1.807) is 18.3 Å². The van der Waals surface area contributed by atoms with Gasteiger partial charge in [0.05, 0.1) is 22.5 Å². The van der Waals surface area contributed by atoms with E-state index in [1.807, 2.05) is 61.2 Å². The number of carbonyl (C=O) groups is 2. The van der Waals surface area contributed by atoms with Gasteiger partial charge in [-0.15, -0.1) is 0 Å². The van der Waals surface area contributed by atoms with Gasteiger partial charge in [-0.2, -0.15) is 0 Å². The third kappa shape index (κ3) is 5.48. The maximum absolute atomic E-state index is 12.9. The number of nitrogens with zero attached hydrogens (tertiary/aromatic N) is 3. The lowest BCUT2D eigenvalue weighted by Crippen LogP contribution is -2.35. The Kier molecular flexibility index (Phi) is 7.33. The molecule has 0 spiro atoms. The van der Waals surface area contributed by atoms with E-state index in [0.29, 0.717) is 35.9 Å². The lowest BCUT2D eigenvalue weighted by Gasteiger charge is -2.23. The Morgan fingerprint density at radius 1 is 0.912 bits per heavy atom. The summed E-state index contributed by atoms with van der Waals surface area (Å²) in [6.07, 6.45) is 2.48. The molecule has 4 rings (SSSR count). The number of carbonyl (C=O) groups excluding carboxylic acids is 2. The number of aryl methyl sites for hydroxylation is 1. The second-order valence-corrected chi connectivity index (χ2v) is 8.75. The van der Waals surface area contributed by atoms with Crippen molar-refractivity contribution in [1.29, 1.82) is 0 Å². The van der Waals surface area contributed by atoms with Crippen molar-refractivity contribution in [3.8, 4) is 0 Å². The maximum atomic E-state index is 12.9. The molecule has 0 bridgehead atoms. The first kappa shape index (κ1) is 23.6. The van der Waals surface area contributed by atoms with Crippen molar-refractivity contribution in [3.05, 3.63) is 82.5 Å². The Morgan fingerprint density at radius 2 is 1.74 bits per heavy atom. The van der Waals surface area contributed by atoms with Crippen LogP contribution < -0.4 is 15.5 Å². The van der Waals surface area contributed by atoms with Crippen molar-refractivity contribution in [1.82, 2.24) is 9.88 Å². The van der Waals surface area contributed by atoms with Gasteiger partial charge in [0, 0.05) is 31.9 Å². The molecule has 2 N–H and O–H groups in total. The SMILES string of the molecule is Cc1cccc(NC(=O)Nc2ccc(N3CCCN(C(=O)c4ccccc4Cl)CC3)nc2)c1C. The van der Waals surface area contributed by atoms with E-state index >= 15 is 0 Å². The number of urea groups is 1. The summed E-state index contributed by atoms with van der Waals surface area (Å²) in [6, 6.07) is 16.4. The fourth-order valence-electron chi connectivity index (χ4n) is 3.97. The lowest BCUT2D eigenvalue weighted by atomic mass is 10.1. The summed E-state index contributed by atoms with van der Waals surface area (Å²) in [5.74, 6) is 0.766. The first-order valence-corrected chi connectivity index (χ1v) is 11.7. The zero-order valence-electron chi connectivity index (χ0n) is 19.3. The highest BCUT2D eigenvalue weighted by Crippen LogP contribution is 2.21. The molecule has 0 saturated carbocycles. The minimum atomic E-state index is -0.313. The number of anilines is 3. The number of aromatic nitrogens is 1. The van der Waals surface area contributed by atoms with Gasteiger partial charge in [-0.3, -0.25) is 4.79 Å². The second kappa shape index (κ2) is 10.6. The third-order valence-corrected chi connectivity index (χ3v) is 6.40. The van der Waals surface area contributed by atoms with Crippen molar-refractivity contribution in [2.45, 2.75) is 20.3 Å². The summed E-state index contributed by atoms with van der Waals surface area (Å²) in [5.41, 5.74) is 4.08. The van der Waals surface area contributed by atoms with Gasteiger partial charge < -0.3 is 20.4 Å². The Balaban J connectivity index is 1.34. The van der Waals surface area contributed by atoms with Crippen LogP contribution in [0.5, 0.6) is 0 Å². The minimum absolute atomic E-state index is 0.0465. The van der Waals surface area contributed by atoms with Crippen molar-refractivity contribution >= 4 is 40.7 Å². The van der Waals surface area contributed by atoms with Gasteiger partial charge in [-0.25, -0.2) is 9.78 Å². The summed E-state index contributed by atoms with van der Waals surface area (Å²) in [4.78, 5) is 33.8.